The summed E-state index contributed by atoms with van der Waals surface area (Å²) in [4.78, 5) is 15.0. The third kappa shape index (κ3) is 3.93. The topological polar surface area (TPSA) is 50.8 Å². The van der Waals surface area contributed by atoms with Crippen molar-refractivity contribution in [3.05, 3.63) is 59.7 Å². The highest BCUT2D eigenvalue weighted by Crippen LogP contribution is 2.33. The zero-order valence-electron chi connectivity index (χ0n) is 15.7. The molecule has 5 nitrogen and oxygen atoms in total. The number of benzene rings is 2. The molecule has 1 saturated heterocycles. The average molecular weight is 366 g/mol. The van der Waals surface area contributed by atoms with E-state index in [1.807, 2.05) is 36.4 Å². The summed E-state index contributed by atoms with van der Waals surface area (Å²) in [6, 6.07) is 16.5. The maximum atomic E-state index is 12.7. The lowest BCUT2D eigenvalue weighted by molar-refractivity contribution is -0.123. The molecule has 2 atom stereocenters. The van der Waals surface area contributed by atoms with Crippen LogP contribution >= 0.6 is 0 Å². The fraction of sp³-hybridized carbons (Fsp3) is 0.409. The van der Waals surface area contributed by atoms with Crippen molar-refractivity contribution in [2.75, 3.05) is 26.8 Å². The monoisotopic (exact) mass is 366 g/mol. The third-order valence-electron chi connectivity index (χ3n) is 5.50. The molecular weight excluding hydrogens is 340 g/mol. The van der Waals surface area contributed by atoms with E-state index in [0.717, 1.165) is 42.9 Å². The highest BCUT2D eigenvalue weighted by Gasteiger charge is 2.29. The van der Waals surface area contributed by atoms with Crippen LogP contribution < -0.4 is 14.8 Å². The fourth-order valence-corrected chi connectivity index (χ4v) is 4.14. The average Bonchev–Trinajstić information content (AvgIpc) is 3.16. The first-order chi connectivity index (χ1) is 13.2. The molecule has 0 radical (unpaired) electrons. The molecule has 2 aliphatic rings. The standard InChI is InChI=1S/C22H26N2O3/c1-26-17-10-8-16(9-11-17)20-6-4-13-24(20)15-22(25)23-19-12-14-27-21-7-3-2-5-18(19)21/h2-3,5,7-11,19-20H,4,6,12-15H2,1H3,(H,23,25)/t19-,20+/m0/s1. The first kappa shape index (κ1) is 17.9. The van der Waals surface area contributed by atoms with E-state index in [4.69, 9.17) is 9.47 Å². The second kappa shape index (κ2) is 8.01. The molecule has 1 amide bonds. The molecule has 2 aromatic carbocycles. The Balaban J connectivity index is 1.40. The van der Waals surface area contributed by atoms with E-state index in [1.165, 1.54) is 5.56 Å². The quantitative estimate of drug-likeness (QED) is 0.880. The number of carbonyl (C=O) groups is 1. The second-order valence-corrected chi connectivity index (χ2v) is 7.20. The van der Waals surface area contributed by atoms with Gasteiger partial charge in [0.1, 0.15) is 11.5 Å². The number of ether oxygens (including phenoxy) is 2. The molecule has 2 aliphatic heterocycles. The maximum Gasteiger partial charge on any atom is 0.234 e. The molecule has 4 rings (SSSR count). The summed E-state index contributed by atoms with van der Waals surface area (Å²) in [5, 5.41) is 3.21. The predicted octanol–water partition coefficient (Wildman–Crippen LogP) is 3.47. The second-order valence-electron chi connectivity index (χ2n) is 7.20. The normalized spacial score (nSPS) is 22.0. The Bertz CT molecular complexity index is 790. The molecule has 1 fully saturated rings. The molecule has 0 saturated carbocycles. The van der Waals surface area contributed by atoms with Crippen molar-refractivity contribution in [1.82, 2.24) is 10.2 Å². The molecule has 0 bridgehead atoms. The van der Waals surface area contributed by atoms with Crippen molar-refractivity contribution >= 4 is 5.91 Å². The van der Waals surface area contributed by atoms with Gasteiger partial charge in [-0.05, 0) is 43.1 Å². The fourth-order valence-electron chi connectivity index (χ4n) is 4.14. The Morgan fingerprint density at radius 2 is 2.00 bits per heavy atom. The van der Waals surface area contributed by atoms with Gasteiger partial charge in [-0.25, -0.2) is 0 Å². The molecule has 0 aliphatic carbocycles. The van der Waals surface area contributed by atoms with Gasteiger partial charge >= 0.3 is 0 Å². The number of methoxy groups -OCH3 is 1. The number of para-hydroxylation sites is 1. The van der Waals surface area contributed by atoms with Crippen LogP contribution in [0.25, 0.3) is 0 Å². The van der Waals surface area contributed by atoms with Crippen LogP contribution in [0.5, 0.6) is 11.5 Å². The maximum absolute atomic E-state index is 12.7. The van der Waals surface area contributed by atoms with Crippen LogP contribution in [0.3, 0.4) is 0 Å². The molecule has 27 heavy (non-hydrogen) atoms. The Kier molecular flexibility index (Phi) is 5.30. The van der Waals surface area contributed by atoms with Gasteiger partial charge in [-0.2, -0.15) is 0 Å². The van der Waals surface area contributed by atoms with Gasteiger partial charge in [-0.3, -0.25) is 9.69 Å². The van der Waals surface area contributed by atoms with Crippen LogP contribution in [-0.4, -0.2) is 37.6 Å². The molecule has 2 aromatic rings. The number of rotatable bonds is 5. The molecular formula is C22H26N2O3. The number of amides is 1. The van der Waals surface area contributed by atoms with E-state index in [-0.39, 0.29) is 11.9 Å². The number of carbonyl (C=O) groups excluding carboxylic acids is 1. The number of nitrogens with one attached hydrogen (secondary N) is 1. The zero-order chi connectivity index (χ0) is 18.6. The van der Waals surface area contributed by atoms with Crippen LogP contribution in [0.15, 0.2) is 48.5 Å². The van der Waals surface area contributed by atoms with Gasteiger partial charge in [0.25, 0.3) is 0 Å². The predicted molar refractivity (Wildman–Crippen MR) is 104 cm³/mol. The Hall–Kier alpha value is -2.53. The number of hydrogen-bond acceptors (Lipinski definition) is 4. The van der Waals surface area contributed by atoms with Gasteiger partial charge in [0.05, 0.1) is 26.3 Å². The molecule has 0 unspecified atom stereocenters. The van der Waals surface area contributed by atoms with Crippen LogP contribution in [0, 0.1) is 0 Å². The van der Waals surface area contributed by atoms with Crippen molar-refractivity contribution < 1.29 is 14.3 Å². The number of fused-ring (bicyclic) bond motifs is 1. The largest absolute Gasteiger partial charge is 0.497 e. The molecule has 0 spiro atoms. The Morgan fingerprint density at radius 1 is 1.19 bits per heavy atom. The van der Waals surface area contributed by atoms with Gasteiger partial charge in [0, 0.05) is 18.0 Å². The lowest BCUT2D eigenvalue weighted by atomic mass is 10.0. The Labute approximate surface area is 160 Å². The minimum atomic E-state index is 0.0319. The summed E-state index contributed by atoms with van der Waals surface area (Å²) in [6.45, 7) is 2.02. The first-order valence-electron chi connectivity index (χ1n) is 9.63. The summed E-state index contributed by atoms with van der Waals surface area (Å²) >= 11 is 0. The minimum Gasteiger partial charge on any atom is -0.497 e. The van der Waals surface area contributed by atoms with E-state index in [2.05, 4.69) is 22.3 Å². The van der Waals surface area contributed by atoms with E-state index in [9.17, 15) is 4.79 Å². The van der Waals surface area contributed by atoms with E-state index in [0.29, 0.717) is 19.2 Å². The van der Waals surface area contributed by atoms with Crippen LogP contribution in [0.4, 0.5) is 0 Å². The molecule has 5 heteroatoms. The summed E-state index contributed by atoms with van der Waals surface area (Å²) in [5.41, 5.74) is 2.32. The van der Waals surface area contributed by atoms with Crippen LogP contribution in [0.1, 0.15) is 42.5 Å². The summed E-state index contributed by atoms with van der Waals surface area (Å²) in [7, 11) is 1.68. The minimum absolute atomic E-state index is 0.0319. The number of likely N-dealkylation sites (tertiary alicyclic amines) is 1. The molecule has 142 valence electrons. The highest BCUT2D eigenvalue weighted by atomic mass is 16.5. The lowest BCUT2D eigenvalue weighted by Gasteiger charge is -2.29. The van der Waals surface area contributed by atoms with E-state index in [1.54, 1.807) is 7.11 Å². The van der Waals surface area contributed by atoms with Crippen molar-refractivity contribution in [2.45, 2.75) is 31.3 Å². The van der Waals surface area contributed by atoms with Crippen LogP contribution in [0.2, 0.25) is 0 Å². The summed E-state index contributed by atoms with van der Waals surface area (Å²) in [5.74, 6) is 1.82. The first-order valence-corrected chi connectivity index (χ1v) is 9.63. The van der Waals surface area contributed by atoms with Crippen molar-refractivity contribution in [3.8, 4) is 11.5 Å². The van der Waals surface area contributed by atoms with Crippen molar-refractivity contribution in [1.29, 1.82) is 0 Å². The van der Waals surface area contributed by atoms with Gasteiger partial charge in [0.2, 0.25) is 5.91 Å². The van der Waals surface area contributed by atoms with E-state index >= 15 is 0 Å². The van der Waals surface area contributed by atoms with Gasteiger partial charge in [-0.15, -0.1) is 0 Å². The van der Waals surface area contributed by atoms with Gasteiger partial charge in [0.15, 0.2) is 0 Å². The van der Waals surface area contributed by atoms with E-state index < -0.39 is 0 Å². The Morgan fingerprint density at radius 3 is 2.81 bits per heavy atom. The van der Waals surface area contributed by atoms with Crippen LogP contribution in [-0.2, 0) is 4.79 Å². The summed E-state index contributed by atoms with van der Waals surface area (Å²) < 4.78 is 10.9. The third-order valence-corrected chi connectivity index (χ3v) is 5.50. The molecule has 0 aromatic heterocycles. The molecule has 1 N–H and O–H groups in total. The lowest BCUT2D eigenvalue weighted by Crippen LogP contribution is -2.40. The smallest absolute Gasteiger partial charge is 0.234 e. The zero-order valence-corrected chi connectivity index (χ0v) is 15.7. The van der Waals surface area contributed by atoms with Gasteiger partial charge in [-0.1, -0.05) is 30.3 Å². The SMILES string of the molecule is COc1ccc([C@H]2CCCN2CC(=O)N[C@H]2CCOc3ccccc32)cc1. The van der Waals surface area contributed by atoms with Crippen molar-refractivity contribution in [2.24, 2.45) is 0 Å². The number of nitrogens with zero attached hydrogens (tertiary/aromatic N) is 1. The number of hydrogen-bond donors (Lipinski definition) is 1. The van der Waals surface area contributed by atoms with Crippen molar-refractivity contribution in [3.63, 3.8) is 0 Å². The van der Waals surface area contributed by atoms with Gasteiger partial charge < -0.3 is 14.8 Å². The molecule has 2 heterocycles. The summed E-state index contributed by atoms with van der Waals surface area (Å²) in [6.07, 6.45) is 3.01. The highest BCUT2D eigenvalue weighted by molar-refractivity contribution is 5.78.